The van der Waals surface area contributed by atoms with Crippen LogP contribution in [0, 0.1) is 0 Å². The van der Waals surface area contributed by atoms with Crippen LogP contribution >= 0.6 is 23.4 Å². The number of unbranched alkanes of at least 4 members (excludes halogenated alkanes) is 3. The van der Waals surface area contributed by atoms with Gasteiger partial charge in [-0.15, -0.1) is 0 Å². The molecule has 6 nitrogen and oxygen atoms in total. The number of aliphatic imine (C=N–C) groups is 1. The number of nitrogens with one attached hydrogen (secondary N) is 1. The molecule has 2 amide bonds. The molecule has 0 spiro atoms. The summed E-state index contributed by atoms with van der Waals surface area (Å²) in [6, 6.07) is 24.2. The van der Waals surface area contributed by atoms with E-state index in [1.54, 1.807) is 17.0 Å². The minimum absolute atomic E-state index is 0.0457. The van der Waals surface area contributed by atoms with Crippen LogP contribution in [0.3, 0.4) is 0 Å². The van der Waals surface area contributed by atoms with Gasteiger partial charge in [0, 0.05) is 17.1 Å². The van der Waals surface area contributed by atoms with E-state index in [0.717, 1.165) is 29.8 Å². The molecule has 1 atom stereocenters. The number of para-hydroxylation sites is 1. The number of carbonyl (C=O) groups is 2. The number of thioether (sulfide) groups is 1. The Kier molecular flexibility index (Phi) is 10.2. The minimum Gasteiger partial charge on any atom is -0.494 e. The van der Waals surface area contributed by atoms with E-state index in [0.29, 0.717) is 29.0 Å². The van der Waals surface area contributed by atoms with Crippen LogP contribution in [-0.2, 0) is 16.1 Å². The second-order valence-corrected chi connectivity index (χ2v) is 10.7. The van der Waals surface area contributed by atoms with Gasteiger partial charge in [0.2, 0.25) is 11.8 Å². The predicted molar refractivity (Wildman–Crippen MR) is 156 cm³/mol. The molecule has 1 saturated heterocycles. The minimum atomic E-state index is -0.560. The van der Waals surface area contributed by atoms with Crippen LogP contribution in [-0.4, -0.2) is 33.7 Å². The zero-order valence-electron chi connectivity index (χ0n) is 21.4. The molecule has 4 rings (SSSR count). The van der Waals surface area contributed by atoms with Gasteiger partial charge in [-0.25, -0.2) is 4.99 Å². The van der Waals surface area contributed by atoms with Gasteiger partial charge in [0.05, 0.1) is 18.8 Å². The van der Waals surface area contributed by atoms with Gasteiger partial charge < -0.3 is 10.1 Å². The third kappa shape index (κ3) is 8.10. The van der Waals surface area contributed by atoms with Gasteiger partial charge in [0.1, 0.15) is 11.0 Å². The van der Waals surface area contributed by atoms with Crippen LogP contribution in [0.2, 0.25) is 5.02 Å². The third-order valence-corrected chi connectivity index (χ3v) is 7.46. The van der Waals surface area contributed by atoms with Gasteiger partial charge >= 0.3 is 0 Å². The topological polar surface area (TPSA) is 71.0 Å². The molecule has 1 fully saturated rings. The average Bonchev–Trinajstić information content (AvgIpc) is 3.20. The summed E-state index contributed by atoms with van der Waals surface area (Å²) < 4.78 is 5.78. The van der Waals surface area contributed by atoms with E-state index >= 15 is 0 Å². The largest absolute Gasteiger partial charge is 0.494 e. The first kappa shape index (κ1) is 27.7. The lowest BCUT2D eigenvalue weighted by atomic mass is 10.2. The molecule has 0 aromatic heterocycles. The molecule has 1 N–H and O–H groups in total. The number of anilines is 1. The molecule has 8 heteroatoms. The molecule has 1 aliphatic rings. The number of hydrogen-bond acceptors (Lipinski definition) is 5. The van der Waals surface area contributed by atoms with Crippen molar-refractivity contribution in [3.63, 3.8) is 0 Å². The summed E-state index contributed by atoms with van der Waals surface area (Å²) in [6.45, 7) is 3.22. The Morgan fingerprint density at radius 1 is 1.00 bits per heavy atom. The van der Waals surface area contributed by atoms with Crippen molar-refractivity contribution in [1.82, 2.24) is 4.90 Å². The summed E-state index contributed by atoms with van der Waals surface area (Å²) >= 11 is 7.35. The average molecular weight is 550 g/mol. The fourth-order valence-corrected chi connectivity index (χ4v) is 5.27. The maximum Gasteiger partial charge on any atom is 0.242 e. The van der Waals surface area contributed by atoms with E-state index in [4.69, 9.17) is 21.3 Å². The molecule has 1 unspecified atom stereocenters. The fourth-order valence-electron chi connectivity index (χ4n) is 3.99. The first-order chi connectivity index (χ1) is 18.5. The number of hydrogen-bond donors (Lipinski definition) is 1. The molecule has 0 radical (unpaired) electrons. The molecule has 0 aliphatic carbocycles. The number of carbonyl (C=O) groups excluding carboxylic acids is 2. The molecule has 1 heterocycles. The fraction of sp³-hybridized carbons (Fsp3) is 0.300. The van der Waals surface area contributed by atoms with Crippen LogP contribution in [0.1, 0.15) is 44.6 Å². The lowest BCUT2D eigenvalue weighted by Crippen LogP contribution is -2.33. The highest BCUT2D eigenvalue weighted by atomic mass is 35.5. The number of benzene rings is 3. The second kappa shape index (κ2) is 14.0. The molecule has 3 aromatic rings. The number of amidine groups is 1. The van der Waals surface area contributed by atoms with E-state index in [2.05, 4.69) is 12.2 Å². The van der Waals surface area contributed by atoms with Crippen LogP contribution in [0.25, 0.3) is 0 Å². The first-order valence-electron chi connectivity index (χ1n) is 12.9. The number of rotatable bonds is 12. The Hall–Kier alpha value is -3.29. The maximum absolute atomic E-state index is 13.4. The highest BCUT2D eigenvalue weighted by molar-refractivity contribution is 8.15. The van der Waals surface area contributed by atoms with Crippen LogP contribution in [0.15, 0.2) is 83.9 Å². The summed E-state index contributed by atoms with van der Waals surface area (Å²) in [5.41, 5.74) is 2.35. The van der Waals surface area contributed by atoms with Crippen LogP contribution in [0.5, 0.6) is 5.75 Å². The third-order valence-electron chi connectivity index (χ3n) is 6.03. The Bertz CT molecular complexity index is 1230. The molecule has 1 aliphatic heterocycles. The number of nitrogens with zero attached hydrogens (tertiary/aromatic N) is 2. The van der Waals surface area contributed by atoms with E-state index in [1.165, 1.54) is 24.6 Å². The van der Waals surface area contributed by atoms with Gasteiger partial charge in [-0.05, 0) is 60.5 Å². The Balaban J connectivity index is 1.38. The summed E-state index contributed by atoms with van der Waals surface area (Å²) in [6.07, 6.45) is 4.65. The van der Waals surface area contributed by atoms with Crippen molar-refractivity contribution in [3.05, 3.63) is 89.4 Å². The molecule has 38 heavy (non-hydrogen) atoms. The monoisotopic (exact) mass is 549 g/mol. The van der Waals surface area contributed by atoms with Crippen LogP contribution in [0.4, 0.5) is 11.4 Å². The Morgan fingerprint density at radius 2 is 1.74 bits per heavy atom. The van der Waals surface area contributed by atoms with Gasteiger partial charge in [0.15, 0.2) is 5.17 Å². The summed E-state index contributed by atoms with van der Waals surface area (Å²) in [5.74, 6) is 0.415. The van der Waals surface area contributed by atoms with E-state index < -0.39 is 5.25 Å². The van der Waals surface area contributed by atoms with Gasteiger partial charge in [-0.2, -0.15) is 0 Å². The lowest BCUT2D eigenvalue weighted by Gasteiger charge is -2.17. The van der Waals surface area contributed by atoms with Crippen molar-refractivity contribution in [2.24, 2.45) is 4.99 Å². The van der Waals surface area contributed by atoms with Crippen molar-refractivity contribution >= 4 is 51.7 Å². The van der Waals surface area contributed by atoms with Crippen molar-refractivity contribution in [2.45, 2.75) is 50.8 Å². The highest BCUT2D eigenvalue weighted by Crippen LogP contribution is 2.33. The highest BCUT2D eigenvalue weighted by Gasteiger charge is 2.39. The molecule has 0 bridgehead atoms. The Labute approximate surface area is 233 Å². The number of halogens is 1. The maximum atomic E-state index is 13.4. The number of ether oxygens (including phenoxy) is 1. The predicted octanol–water partition coefficient (Wildman–Crippen LogP) is 7.46. The van der Waals surface area contributed by atoms with Crippen molar-refractivity contribution in [1.29, 1.82) is 0 Å². The normalized spacial score (nSPS) is 16.2. The molecular formula is C30H32ClN3O3S. The molecular weight excluding hydrogens is 518 g/mol. The second-order valence-electron chi connectivity index (χ2n) is 9.07. The van der Waals surface area contributed by atoms with E-state index in [-0.39, 0.29) is 18.2 Å². The number of amides is 2. The van der Waals surface area contributed by atoms with Gasteiger partial charge in [-0.1, -0.05) is 79.9 Å². The van der Waals surface area contributed by atoms with Crippen molar-refractivity contribution in [3.8, 4) is 5.75 Å². The van der Waals surface area contributed by atoms with Gasteiger partial charge in [-0.3, -0.25) is 14.5 Å². The standard InChI is InChI=1S/C30H32ClN3O3S/c1-2-3-4-8-19-37-26-17-15-25(16-18-26)32-28(35)20-27-29(36)34(21-22-11-13-23(31)14-12-22)30(38-27)33-24-9-6-5-7-10-24/h5-7,9-18,27H,2-4,8,19-21H2,1H3,(H,32,35). The SMILES string of the molecule is CCCCCCOc1ccc(NC(=O)CC2SC(=Nc3ccccc3)N(Cc3ccc(Cl)cc3)C2=O)cc1. The molecule has 198 valence electrons. The van der Waals surface area contributed by atoms with Gasteiger partial charge in [0.25, 0.3) is 0 Å². The summed E-state index contributed by atoms with van der Waals surface area (Å²) in [5, 5.41) is 3.56. The summed E-state index contributed by atoms with van der Waals surface area (Å²) in [4.78, 5) is 32.6. The van der Waals surface area contributed by atoms with E-state index in [1.807, 2.05) is 66.7 Å². The summed E-state index contributed by atoms with van der Waals surface area (Å²) in [7, 11) is 0. The van der Waals surface area contributed by atoms with E-state index in [9.17, 15) is 9.59 Å². The first-order valence-corrected chi connectivity index (χ1v) is 14.2. The quantitative estimate of drug-likeness (QED) is 0.238. The van der Waals surface area contributed by atoms with Crippen molar-refractivity contribution in [2.75, 3.05) is 11.9 Å². The zero-order valence-corrected chi connectivity index (χ0v) is 23.0. The Morgan fingerprint density at radius 3 is 2.45 bits per heavy atom. The molecule has 3 aromatic carbocycles. The smallest absolute Gasteiger partial charge is 0.242 e. The molecule has 0 saturated carbocycles. The zero-order chi connectivity index (χ0) is 26.7. The lowest BCUT2D eigenvalue weighted by molar-refractivity contribution is -0.128. The van der Waals surface area contributed by atoms with Crippen LogP contribution < -0.4 is 10.1 Å². The van der Waals surface area contributed by atoms with Crippen molar-refractivity contribution < 1.29 is 14.3 Å².